The maximum atomic E-state index is 11.1. The molecule has 2 nitrogen and oxygen atoms in total. The van der Waals surface area contributed by atoms with E-state index in [1.807, 2.05) is 0 Å². The molecule has 2 aliphatic rings. The average Bonchev–Trinajstić information content (AvgIpc) is 2.30. The molecule has 0 amide bonds. The van der Waals surface area contributed by atoms with E-state index in [2.05, 4.69) is 61.6 Å². The number of hydrogen-bond acceptors (Lipinski definition) is 2. The van der Waals surface area contributed by atoms with E-state index in [1.165, 1.54) is 6.42 Å². The third-order valence-corrected chi connectivity index (χ3v) is 11.9. The molecular weight excluding hydrogens is 300 g/mol. The van der Waals surface area contributed by atoms with Crippen molar-refractivity contribution < 1.29 is 9.53 Å². The molecule has 2 fully saturated rings. The molecule has 0 bridgehead atoms. The highest BCUT2D eigenvalue weighted by Crippen LogP contribution is 2.60. The van der Waals surface area contributed by atoms with Crippen LogP contribution in [0.4, 0.5) is 0 Å². The van der Waals surface area contributed by atoms with E-state index >= 15 is 0 Å². The van der Waals surface area contributed by atoms with Crippen molar-refractivity contribution in [2.75, 3.05) is 0 Å². The lowest BCUT2D eigenvalue weighted by Gasteiger charge is -2.61. The highest BCUT2D eigenvalue weighted by molar-refractivity contribution is 6.74. The van der Waals surface area contributed by atoms with Gasteiger partial charge in [0.25, 0.3) is 0 Å². The fraction of sp³-hybridized carbons (Fsp3) is 1.00. The van der Waals surface area contributed by atoms with Crippen LogP contribution < -0.4 is 0 Å². The predicted octanol–water partition coefficient (Wildman–Crippen LogP) is 5.75. The van der Waals surface area contributed by atoms with Crippen molar-refractivity contribution in [2.24, 2.45) is 16.7 Å². The molecule has 2 aliphatic carbocycles. The molecule has 0 spiro atoms. The van der Waals surface area contributed by atoms with Crippen molar-refractivity contribution in [1.29, 1.82) is 0 Å². The van der Waals surface area contributed by atoms with Crippen molar-refractivity contribution in [1.82, 2.24) is 0 Å². The van der Waals surface area contributed by atoms with Crippen LogP contribution in [-0.4, -0.2) is 25.1 Å². The number of aliphatic hydroxyl groups is 1. The van der Waals surface area contributed by atoms with Gasteiger partial charge in [0.15, 0.2) is 8.32 Å². The van der Waals surface area contributed by atoms with Gasteiger partial charge in [-0.25, -0.2) is 0 Å². The summed E-state index contributed by atoms with van der Waals surface area (Å²) >= 11 is 0. The van der Waals surface area contributed by atoms with E-state index in [0.29, 0.717) is 5.92 Å². The Bertz CT molecular complexity index is 447. The lowest BCUT2D eigenvalue weighted by molar-refractivity contribution is -0.178. The fourth-order valence-electron chi connectivity index (χ4n) is 4.80. The first-order valence-corrected chi connectivity index (χ1v) is 12.4. The zero-order chi connectivity index (χ0) is 17.9. The van der Waals surface area contributed by atoms with Gasteiger partial charge in [0.2, 0.25) is 0 Å². The molecule has 136 valence electrons. The van der Waals surface area contributed by atoms with Crippen LogP contribution in [0.1, 0.15) is 80.6 Å². The molecule has 3 heteroatoms. The summed E-state index contributed by atoms with van der Waals surface area (Å²) < 4.78 is 6.97. The Kier molecular flexibility index (Phi) is 4.71. The SMILES string of the molecule is CC1(C)C[C@@H](O[Si](C)(C)C(C)(C)C)[C@]2(C)CCC[C@@](C)(O)[C@H]2C1. The molecule has 0 unspecified atom stereocenters. The van der Waals surface area contributed by atoms with Gasteiger partial charge in [-0.05, 0) is 73.9 Å². The quantitative estimate of drug-likeness (QED) is 0.648. The topological polar surface area (TPSA) is 29.5 Å². The average molecular weight is 341 g/mol. The first-order chi connectivity index (χ1) is 10.1. The Hall–Kier alpha value is 0.137. The summed E-state index contributed by atoms with van der Waals surface area (Å²) in [4.78, 5) is 0. The molecule has 0 heterocycles. The summed E-state index contributed by atoms with van der Waals surface area (Å²) in [6, 6.07) is 0. The zero-order valence-electron chi connectivity index (χ0n) is 17.0. The van der Waals surface area contributed by atoms with Gasteiger partial charge < -0.3 is 9.53 Å². The molecular formula is C20H40O2Si. The summed E-state index contributed by atoms with van der Waals surface area (Å²) in [6.45, 7) is 20.9. The van der Waals surface area contributed by atoms with Crippen molar-refractivity contribution in [3.05, 3.63) is 0 Å². The number of hydrogen-bond donors (Lipinski definition) is 1. The van der Waals surface area contributed by atoms with Gasteiger partial charge in [-0.2, -0.15) is 0 Å². The monoisotopic (exact) mass is 340 g/mol. The van der Waals surface area contributed by atoms with Gasteiger partial charge in [-0.3, -0.25) is 0 Å². The first-order valence-electron chi connectivity index (χ1n) is 9.51. The van der Waals surface area contributed by atoms with E-state index in [9.17, 15) is 5.11 Å². The van der Waals surface area contributed by atoms with Gasteiger partial charge >= 0.3 is 0 Å². The Morgan fingerprint density at radius 2 is 1.57 bits per heavy atom. The molecule has 0 radical (unpaired) electrons. The molecule has 0 aromatic carbocycles. The second kappa shape index (κ2) is 5.57. The molecule has 4 atom stereocenters. The van der Waals surface area contributed by atoms with Gasteiger partial charge in [0.1, 0.15) is 0 Å². The lowest BCUT2D eigenvalue weighted by atomic mass is 9.50. The van der Waals surface area contributed by atoms with Crippen LogP contribution in [0.2, 0.25) is 18.1 Å². The predicted molar refractivity (Wildman–Crippen MR) is 101 cm³/mol. The molecule has 0 saturated heterocycles. The van der Waals surface area contributed by atoms with E-state index in [-0.39, 0.29) is 22.0 Å². The fourth-order valence-corrected chi connectivity index (χ4v) is 6.22. The third-order valence-electron chi connectivity index (χ3n) is 7.42. The van der Waals surface area contributed by atoms with Crippen LogP contribution in [0.5, 0.6) is 0 Å². The molecule has 2 rings (SSSR count). The van der Waals surface area contributed by atoms with Crippen LogP contribution in [-0.2, 0) is 4.43 Å². The van der Waals surface area contributed by atoms with Crippen molar-refractivity contribution in [3.8, 4) is 0 Å². The molecule has 0 aromatic rings. The summed E-state index contributed by atoms with van der Waals surface area (Å²) in [6.07, 6.45) is 5.79. The number of rotatable bonds is 2. The van der Waals surface area contributed by atoms with Gasteiger partial charge in [-0.1, -0.05) is 41.5 Å². The second-order valence-corrected chi connectivity index (χ2v) is 16.0. The van der Waals surface area contributed by atoms with E-state index < -0.39 is 13.9 Å². The summed E-state index contributed by atoms with van der Waals surface area (Å²) in [7, 11) is -1.81. The minimum absolute atomic E-state index is 0.118. The van der Waals surface area contributed by atoms with Crippen LogP contribution in [0, 0.1) is 16.7 Å². The minimum atomic E-state index is -1.81. The van der Waals surface area contributed by atoms with Crippen LogP contribution in [0.25, 0.3) is 0 Å². The summed E-state index contributed by atoms with van der Waals surface area (Å²) in [5.74, 6) is 0.349. The van der Waals surface area contributed by atoms with E-state index in [0.717, 1.165) is 25.7 Å². The largest absolute Gasteiger partial charge is 0.413 e. The molecule has 0 aromatic heterocycles. The Morgan fingerprint density at radius 1 is 1.00 bits per heavy atom. The standard InChI is InChI=1S/C20H40O2Si/c1-17(2,3)23(8,9)22-16-14-18(4,5)13-15-19(16,6)11-10-12-20(15,7)21/h15-16,21H,10-14H2,1-9H3/t15-,16+,19+,20+/m0/s1. The minimum Gasteiger partial charge on any atom is -0.413 e. The normalized spacial score (nSPS) is 41.5. The van der Waals surface area contributed by atoms with Gasteiger partial charge in [0.05, 0.1) is 11.7 Å². The number of fused-ring (bicyclic) bond motifs is 1. The van der Waals surface area contributed by atoms with Crippen molar-refractivity contribution in [3.63, 3.8) is 0 Å². The highest BCUT2D eigenvalue weighted by atomic mass is 28.4. The van der Waals surface area contributed by atoms with Crippen LogP contribution in [0.15, 0.2) is 0 Å². The third kappa shape index (κ3) is 3.57. The van der Waals surface area contributed by atoms with Gasteiger partial charge in [0, 0.05) is 0 Å². The maximum Gasteiger partial charge on any atom is 0.192 e. The van der Waals surface area contributed by atoms with E-state index in [1.54, 1.807) is 0 Å². The maximum absolute atomic E-state index is 11.1. The molecule has 0 aliphatic heterocycles. The zero-order valence-corrected chi connectivity index (χ0v) is 18.0. The van der Waals surface area contributed by atoms with E-state index in [4.69, 9.17) is 4.43 Å². The first kappa shape index (κ1) is 19.5. The summed E-state index contributed by atoms with van der Waals surface area (Å²) in [5.41, 5.74) is -0.176. The Morgan fingerprint density at radius 3 is 2.09 bits per heavy atom. The second-order valence-electron chi connectivity index (χ2n) is 11.2. The van der Waals surface area contributed by atoms with Crippen LogP contribution in [0.3, 0.4) is 0 Å². The molecule has 2 saturated carbocycles. The lowest BCUT2D eigenvalue weighted by Crippen LogP contribution is -2.61. The molecule has 23 heavy (non-hydrogen) atoms. The molecule has 1 N–H and O–H groups in total. The van der Waals surface area contributed by atoms with Crippen LogP contribution >= 0.6 is 0 Å². The Balaban J connectivity index is 2.37. The van der Waals surface area contributed by atoms with Gasteiger partial charge in [-0.15, -0.1) is 0 Å². The van der Waals surface area contributed by atoms with Crippen molar-refractivity contribution in [2.45, 2.75) is 110 Å². The smallest absolute Gasteiger partial charge is 0.192 e. The highest BCUT2D eigenvalue weighted by Gasteiger charge is 2.58. The Labute approximate surface area is 145 Å². The summed E-state index contributed by atoms with van der Waals surface area (Å²) in [5, 5.41) is 11.3. The van der Waals surface area contributed by atoms with Crippen molar-refractivity contribution >= 4 is 8.32 Å².